The van der Waals surface area contributed by atoms with Crippen molar-refractivity contribution >= 4 is 0 Å². The zero-order valence-corrected chi connectivity index (χ0v) is 10.3. The number of fused-ring (bicyclic) bond motifs is 3. The van der Waals surface area contributed by atoms with Gasteiger partial charge in [-0.2, -0.15) is 0 Å². The molecule has 0 aromatic rings. The molecule has 3 aliphatic carbocycles. The van der Waals surface area contributed by atoms with Crippen LogP contribution in [0.5, 0.6) is 0 Å². The van der Waals surface area contributed by atoms with Crippen LogP contribution in [-0.4, -0.2) is 0 Å². The summed E-state index contributed by atoms with van der Waals surface area (Å²) in [5.74, 6) is 2.63. The van der Waals surface area contributed by atoms with Gasteiger partial charge in [-0.25, -0.2) is 0 Å². The van der Waals surface area contributed by atoms with Gasteiger partial charge in [0.2, 0.25) is 0 Å². The van der Waals surface area contributed by atoms with E-state index < -0.39 is 0 Å². The van der Waals surface area contributed by atoms with Gasteiger partial charge in [-0.05, 0) is 49.9 Å². The van der Waals surface area contributed by atoms with E-state index in [1.165, 1.54) is 31.3 Å². The van der Waals surface area contributed by atoms with Gasteiger partial charge in [0.25, 0.3) is 0 Å². The Hall–Kier alpha value is -0.520. The molecule has 0 N–H and O–H groups in total. The fourth-order valence-corrected chi connectivity index (χ4v) is 4.28. The molecule has 0 heteroatoms. The first-order chi connectivity index (χ1) is 7.03. The SMILES string of the molecule is C=C1CC[C@H]2[C@@H](C3=C(C)CCC13)C2(C)C. The number of allylic oxidation sites excluding steroid dienone is 3. The van der Waals surface area contributed by atoms with Gasteiger partial charge in [-0.1, -0.05) is 37.1 Å². The van der Waals surface area contributed by atoms with Crippen molar-refractivity contribution in [2.75, 3.05) is 0 Å². The van der Waals surface area contributed by atoms with Crippen molar-refractivity contribution in [3.05, 3.63) is 23.3 Å². The summed E-state index contributed by atoms with van der Waals surface area (Å²) in [7, 11) is 0. The maximum absolute atomic E-state index is 4.32. The van der Waals surface area contributed by atoms with E-state index >= 15 is 0 Å². The lowest BCUT2D eigenvalue weighted by Crippen LogP contribution is -2.07. The Morgan fingerprint density at radius 2 is 1.93 bits per heavy atom. The van der Waals surface area contributed by atoms with E-state index in [2.05, 4.69) is 27.4 Å². The molecule has 0 amide bonds. The van der Waals surface area contributed by atoms with Gasteiger partial charge >= 0.3 is 0 Å². The molecule has 0 nitrogen and oxygen atoms in total. The van der Waals surface area contributed by atoms with Crippen LogP contribution >= 0.6 is 0 Å². The first-order valence-electron chi connectivity index (χ1n) is 6.40. The predicted octanol–water partition coefficient (Wildman–Crippen LogP) is 4.34. The number of hydrogen-bond donors (Lipinski definition) is 0. The third kappa shape index (κ3) is 1.14. The van der Waals surface area contributed by atoms with Crippen LogP contribution in [0, 0.1) is 23.2 Å². The Bertz CT molecular complexity index is 356. The molecule has 3 atom stereocenters. The second-order valence-corrected chi connectivity index (χ2v) is 6.43. The average molecular weight is 202 g/mol. The summed E-state index contributed by atoms with van der Waals surface area (Å²) in [4.78, 5) is 0. The van der Waals surface area contributed by atoms with Gasteiger partial charge in [-0.15, -0.1) is 0 Å². The summed E-state index contributed by atoms with van der Waals surface area (Å²) in [5, 5.41) is 0. The topological polar surface area (TPSA) is 0 Å². The summed E-state index contributed by atoms with van der Waals surface area (Å²) < 4.78 is 0. The van der Waals surface area contributed by atoms with Gasteiger partial charge in [0.05, 0.1) is 0 Å². The molecule has 3 aliphatic rings. The van der Waals surface area contributed by atoms with Crippen molar-refractivity contribution in [3.63, 3.8) is 0 Å². The zero-order valence-electron chi connectivity index (χ0n) is 10.3. The molecule has 82 valence electrons. The fraction of sp³-hybridized carbons (Fsp3) is 0.733. The molecule has 0 aromatic heterocycles. The van der Waals surface area contributed by atoms with Crippen molar-refractivity contribution in [2.45, 2.75) is 46.5 Å². The molecular weight excluding hydrogens is 180 g/mol. The lowest BCUT2D eigenvalue weighted by atomic mass is 9.86. The average Bonchev–Trinajstić information content (AvgIpc) is 2.55. The molecule has 1 unspecified atom stereocenters. The van der Waals surface area contributed by atoms with Crippen molar-refractivity contribution in [3.8, 4) is 0 Å². The monoisotopic (exact) mass is 202 g/mol. The highest BCUT2D eigenvalue weighted by molar-refractivity contribution is 5.39. The summed E-state index contributed by atoms with van der Waals surface area (Å²) >= 11 is 0. The molecule has 3 rings (SSSR count). The maximum Gasteiger partial charge on any atom is 0.00129 e. The molecule has 0 spiro atoms. The van der Waals surface area contributed by atoms with Crippen LogP contribution in [0.4, 0.5) is 0 Å². The van der Waals surface area contributed by atoms with Crippen LogP contribution in [0.3, 0.4) is 0 Å². The van der Waals surface area contributed by atoms with Crippen molar-refractivity contribution in [1.82, 2.24) is 0 Å². The Kier molecular flexibility index (Phi) is 1.80. The summed E-state index contributed by atoms with van der Waals surface area (Å²) in [6, 6.07) is 0. The van der Waals surface area contributed by atoms with E-state index in [-0.39, 0.29) is 0 Å². The van der Waals surface area contributed by atoms with Gasteiger partial charge in [0.15, 0.2) is 0 Å². The second kappa shape index (κ2) is 2.78. The molecule has 2 fully saturated rings. The molecule has 0 saturated heterocycles. The Morgan fingerprint density at radius 3 is 2.67 bits per heavy atom. The Balaban J connectivity index is 2.03. The van der Waals surface area contributed by atoms with Crippen molar-refractivity contribution in [2.24, 2.45) is 23.2 Å². The molecule has 0 aromatic carbocycles. The lowest BCUT2D eigenvalue weighted by molar-refractivity contribution is 0.500. The van der Waals surface area contributed by atoms with E-state index in [1.54, 1.807) is 5.57 Å². The van der Waals surface area contributed by atoms with E-state index in [1.807, 2.05) is 5.57 Å². The molecule has 0 aliphatic heterocycles. The minimum absolute atomic E-state index is 0.597. The van der Waals surface area contributed by atoms with Gasteiger partial charge in [0.1, 0.15) is 0 Å². The summed E-state index contributed by atoms with van der Waals surface area (Å²) in [5.41, 5.74) is 5.64. The van der Waals surface area contributed by atoms with Gasteiger partial charge in [-0.3, -0.25) is 0 Å². The van der Waals surface area contributed by atoms with E-state index in [0.29, 0.717) is 5.41 Å². The maximum atomic E-state index is 4.32. The predicted molar refractivity (Wildman–Crippen MR) is 64.6 cm³/mol. The zero-order chi connectivity index (χ0) is 10.8. The largest absolute Gasteiger partial charge is 0.0993 e. The number of hydrogen-bond acceptors (Lipinski definition) is 0. The fourth-order valence-electron chi connectivity index (χ4n) is 4.28. The van der Waals surface area contributed by atoms with Crippen LogP contribution in [-0.2, 0) is 0 Å². The molecule has 15 heavy (non-hydrogen) atoms. The van der Waals surface area contributed by atoms with E-state index in [9.17, 15) is 0 Å². The summed E-state index contributed by atoms with van der Waals surface area (Å²) in [6.45, 7) is 11.6. The molecular formula is C15H22. The normalized spacial score (nSPS) is 42.3. The standard InChI is InChI=1S/C15H22/c1-9-6-8-12-14(15(12,3)4)13-10(2)5-7-11(9)13/h11-12,14H,1,5-8H2,2-4H3/t11?,12-,14-/m0/s1. The van der Waals surface area contributed by atoms with Crippen LogP contribution in [0.1, 0.15) is 46.5 Å². The first kappa shape index (κ1) is 9.69. The van der Waals surface area contributed by atoms with Gasteiger partial charge in [0, 0.05) is 5.92 Å². The smallest absolute Gasteiger partial charge is 0.00129 e. The van der Waals surface area contributed by atoms with Crippen LogP contribution in [0.2, 0.25) is 0 Å². The lowest BCUT2D eigenvalue weighted by Gasteiger charge is -2.18. The van der Waals surface area contributed by atoms with Crippen molar-refractivity contribution < 1.29 is 0 Å². The molecule has 2 saturated carbocycles. The van der Waals surface area contributed by atoms with Crippen LogP contribution in [0.15, 0.2) is 23.3 Å². The molecule has 0 radical (unpaired) electrons. The minimum atomic E-state index is 0.597. The van der Waals surface area contributed by atoms with E-state index in [0.717, 1.165) is 17.8 Å². The van der Waals surface area contributed by atoms with Gasteiger partial charge < -0.3 is 0 Å². The second-order valence-electron chi connectivity index (χ2n) is 6.43. The first-order valence-corrected chi connectivity index (χ1v) is 6.40. The number of rotatable bonds is 0. The molecule has 0 heterocycles. The highest BCUT2D eigenvalue weighted by Gasteiger charge is 2.61. The highest BCUT2D eigenvalue weighted by atomic mass is 14.6. The van der Waals surface area contributed by atoms with Crippen LogP contribution < -0.4 is 0 Å². The summed E-state index contributed by atoms with van der Waals surface area (Å²) in [6.07, 6.45) is 5.37. The third-order valence-corrected chi connectivity index (χ3v) is 5.33. The van der Waals surface area contributed by atoms with Crippen LogP contribution in [0.25, 0.3) is 0 Å². The van der Waals surface area contributed by atoms with E-state index in [4.69, 9.17) is 0 Å². The Labute approximate surface area is 93.5 Å². The van der Waals surface area contributed by atoms with Crippen molar-refractivity contribution in [1.29, 1.82) is 0 Å². The quantitative estimate of drug-likeness (QED) is 0.513. The Morgan fingerprint density at radius 1 is 1.20 bits per heavy atom. The highest BCUT2D eigenvalue weighted by Crippen LogP contribution is 2.69. The third-order valence-electron chi connectivity index (χ3n) is 5.33. The minimum Gasteiger partial charge on any atom is -0.0993 e. The molecule has 0 bridgehead atoms.